The van der Waals surface area contributed by atoms with Gasteiger partial charge in [-0.1, -0.05) is 32.0 Å². The van der Waals surface area contributed by atoms with Gasteiger partial charge in [-0.25, -0.2) is 0 Å². The standard InChI is InChI=1S/C19H26N2/c1-3-11-20-19(14(2)15-8-9-15)13-16-10-12-21-18-7-5-4-6-17(16)18/h4-7,10,12,14-15,19-20H,3,8-9,11,13H2,1-2H3. The van der Waals surface area contributed by atoms with Crippen LogP contribution in [0, 0.1) is 11.8 Å². The molecule has 0 aliphatic heterocycles. The molecule has 0 saturated heterocycles. The number of hydrogen-bond donors (Lipinski definition) is 1. The van der Waals surface area contributed by atoms with Gasteiger partial charge in [0.2, 0.25) is 0 Å². The lowest BCUT2D eigenvalue weighted by Crippen LogP contribution is -2.38. The molecule has 2 nitrogen and oxygen atoms in total. The second kappa shape index (κ2) is 6.57. The predicted molar refractivity (Wildman–Crippen MR) is 89.4 cm³/mol. The molecule has 2 unspecified atom stereocenters. The fourth-order valence-corrected chi connectivity index (χ4v) is 3.29. The predicted octanol–water partition coefficient (Wildman–Crippen LogP) is 4.19. The van der Waals surface area contributed by atoms with E-state index in [2.05, 4.69) is 54.5 Å². The minimum absolute atomic E-state index is 0.586. The number of pyridine rings is 1. The summed E-state index contributed by atoms with van der Waals surface area (Å²) in [4.78, 5) is 4.48. The number of aromatic nitrogens is 1. The molecule has 2 atom stereocenters. The second-order valence-electron chi connectivity index (χ2n) is 6.45. The first-order chi connectivity index (χ1) is 10.3. The molecule has 1 aliphatic carbocycles. The molecule has 1 fully saturated rings. The van der Waals surface area contributed by atoms with E-state index < -0.39 is 0 Å². The van der Waals surface area contributed by atoms with Gasteiger partial charge in [0.25, 0.3) is 0 Å². The van der Waals surface area contributed by atoms with Crippen molar-refractivity contribution in [3.05, 3.63) is 42.1 Å². The Bertz CT molecular complexity index is 584. The Morgan fingerprint density at radius 1 is 1.24 bits per heavy atom. The van der Waals surface area contributed by atoms with E-state index in [0.29, 0.717) is 6.04 Å². The van der Waals surface area contributed by atoms with Crippen LogP contribution >= 0.6 is 0 Å². The van der Waals surface area contributed by atoms with E-state index in [1.165, 1.54) is 30.2 Å². The Balaban J connectivity index is 1.82. The average molecular weight is 282 g/mol. The Morgan fingerprint density at radius 2 is 2.05 bits per heavy atom. The average Bonchev–Trinajstić information content (AvgIpc) is 3.35. The highest BCUT2D eigenvalue weighted by molar-refractivity contribution is 5.81. The first kappa shape index (κ1) is 14.5. The molecule has 0 bridgehead atoms. The van der Waals surface area contributed by atoms with Crippen LogP contribution in [0.5, 0.6) is 0 Å². The third-order valence-electron chi connectivity index (χ3n) is 4.84. The van der Waals surface area contributed by atoms with Crippen LogP contribution in [0.2, 0.25) is 0 Å². The summed E-state index contributed by atoms with van der Waals surface area (Å²) in [6.45, 7) is 5.78. The summed E-state index contributed by atoms with van der Waals surface area (Å²) < 4.78 is 0. The third-order valence-corrected chi connectivity index (χ3v) is 4.84. The van der Waals surface area contributed by atoms with Gasteiger partial charge in [-0.3, -0.25) is 4.98 Å². The van der Waals surface area contributed by atoms with Gasteiger partial charge < -0.3 is 5.32 Å². The zero-order valence-corrected chi connectivity index (χ0v) is 13.2. The lowest BCUT2D eigenvalue weighted by Gasteiger charge is -2.26. The third kappa shape index (κ3) is 3.44. The second-order valence-corrected chi connectivity index (χ2v) is 6.45. The SMILES string of the molecule is CCCNC(Cc1ccnc2ccccc12)C(C)C1CC1. The summed E-state index contributed by atoms with van der Waals surface area (Å²) in [6.07, 6.45) is 7.10. The van der Waals surface area contributed by atoms with Crippen LogP contribution in [0.1, 0.15) is 38.7 Å². The summed E-state index contributed by atoms with van der Waals surface area (Å²) in [7, 11) is 0. The van der Waals surface area contributed by atoms with Crippen LogP contribution < -0.4 is 5.32 Å². The molecule has 0 radical (unpaired) electrons. The molecular formula is C19H26N2. The zero-order chi connectivity index (χ0) is 14.7. The van der Waals surface area contributed by atoms with Crippen molar-refractivity contribution in [1.82, 2.24) is 10.3 Å². The smallest absolute Gasteiger partial charge is 0.0704 e. The Kier molecular flexibility index (Phi) is 4.54. The van der Waals surface area contributed by atoms with Gasteiger partial charge in [0, 0.05) is 17.6 Å². The van der Waals surface area contributed by atoms with E-state index in [9.17, 15) is 0 Å². The quantitative estimate of drug-likeness (QED) is 0.823. The lowest BCUT2D eigenvalue weighted by molar-refractivity contribution is 0.340. The minimum Gasteiger partial charge on any atom is -0.313 e. The maximum atomic E-state index is 4.48. The maximum Gasteiger partial charge on any atom is 0.0704 e. The number of nitrogens with zero attached hydrogens (tertiary/aromatic N) is 1. The Hall–Kier alpha value is -1.41. The molecule has 1 saturated carbocycles. The normalized spacial score (nSPS) is 17.8. The van der Waals surface area contributed by atoms with Gasteiger partial charge in [0.1, 0.15) is 0 Å². The van der Waals surface area contributed by atoms with Gasteiger partial charge >= 0.3 is 0 Å². The number of rotatable bonds is 7. The first-order valence-corrected chi connectivity index (χ1v) is 8.35. The van der Waals surface area contributed by atoms with Crippen molar-refractivity contribution in [1.29, 1.82) is 0 Å². The van der Waals surface area contributed by atoms with Crippen LogP contribution in [0.4, 0.5) is 0 Å². The summed E-state index contributed by atoms with van der Waals surface area (Å²) in [5, 5.41) is 5.09. The molecule has 1 heterocycles. The van der Waals surface area contributed by atoms with Crippen molar-refractivity contribution in [2.45, 2.75) is 45.6 Å². The van der Waals surface area contributed by atoms with E-state index >= 15 is 0 Å². The maximum absolute atomic E-state index is 4.48. The summed E-state index contributed by atoms with van der Waals surface area (Å²) >= 11 is 0. The first-order valence-electron chi connectivity index (χ1n) is 8.35. The highest BCUT2D eigenvalue weighted by Crippen LogP contribution is 2.39. The van der Waals surface area contributed by atoms with Crippen LogP contribution in [0.3, 0.4) is 0 Å². The fourth-order valence-electron chi connectivity index (χ4n) is 3.29. The lowest BCUT2D eigenvalue weighted by atomic mass is 9.90. The molecule has 1 aliphatic rings. The number of nitrogens with one attached hydrogen (secondary N) is 1. The molecule has 21 heavy (non-hydrogen) atoms. The molecule has 0 spiro atoms. The van der Waals surface area contributed by atoms with Crippen LogP contribution in [0.15, 0.2) is 36.5 Å². The molecule has 3 rings (SSSR count). The van der Waals surface area contributed by atoms with Crippen molar-refractivity contribution < 1.29 is 0 Å². The van der Waals surface area contributed by atoms with Crippen molar-refractivity contribution in [3.8, 4) is 0 Å². The van der Waals surface area contributed by atoms with Gasteiger partial charge in [-0.2, -0.15) is 0 Å². The fraction of sp³-hybridized carbons (Fsp3) is 0.526. The number of fused-ring (bicyclic) bond motifs is 1. The Morgan fingerprint density at radius 3 is 2.81 bits per heavy atom. The monoisotopic (exact) mass is 282 g/mol. The van der Waals surface area contributed by atoms with Crippen LogP contribution in [0.25, 0.3) is 10.9 Å². The minimum atomic E-state index is 0.586. The highest BCUT2D eigenvalue weighted by atomic mass is 14.9. The Labute approximate surface area is 128 Å². The van der Waals surface area contributed by atoms with Crippen molar-refractivity contribution in [2.75, 3.05) is 6.54 Å². The van der Waals surface area contributed by atoms with E-state index in [1.807, 2.05) is 6.20 Å². The topological polar surface area (TPSA) is 24.9 Å². The molecule has 1 aromatic heterocycles. The highest BCUT2D eigenvalue weighted by Gasteiger charge is 2.33. The molecule has 112 valence electrons. The molecular weight excluding hydrogens is 256 g/mol. The molecule has 2 aromatic rings. The van der Waals surface area contributed by atoms with Gasteiger partial charge in [0.15, 0.2) is 0 Å². The van der Waals surface area contributed by atoms with Gasteiger partial charge in [-0.15, -0.1) is 0 Å². The number of hydrogen-bond acceptors (Lipinski definition) is 2. The number of benzene rings is 1. The van der Waals surface area contributed by atoms with Crippen LogP contribution in [-0.4, -0.2) is 17.6 Å². The van der Waals surface area contributed by atoms with E-state index in [4.69, 9.17) is 0 Å². The van der Waals surface area contributed by atoms with Crippen molar-refractivity contribution in [3.63, 3.8) is 0 Å². The van der Waals surface area contributed by atoms with E-state index in [1.54, 1.807) is 0 Å². The number of para-hydroxylation sites is 1. The van der Waals surface area contributed by atoms with Crippen molar-refractivity contribution in [2.24, 2.45) is 11.8 Å². The summed E-state index contributed by atoms with van der Waals surface area (Å²) in [5.74, 6) is 1.70. The molecule has 1 aromatic carbocycles. The van der Waals surface area contributed by atoms with Gasteiger partial charge in [-0.05, 0) is 61.8 Å². The van der Waals surface area contributed by atoms with Crippen LogP contribution in [-0.2, 0) is 6.42 Å². The zero-order valence-electron chi connectivity index (χ0n) is 13.2. The molecule has 1 N–H and O–H groups in total. The van der Waals surface area contributed by atoms with E-state index in [0.717, 1.165) is 30.3 Å². The van der Waals surface area contributed by atoms with E-state index in [-0.39, 0.29) is 0 Å². The van der Waals surface area contributed by atoms with Crippen molar-refractivity contribution >= 4 is 10.9 Å². The molecule has 2 heteroatoms. The summed E-state index contributed by atoms with van der Waals surface area (Å²) in [6, 6.07) is 11.3. The van der Waals surface area contributed by atoms with Gasteiger partial charge in [0.05, 0.1) is 5.52 Å². The molecule has 0 amide bonds. The summed E-state index contributed by atoms with van der Waals surface area (Å²) in [5.41, 5.74) is 2.55. The largest absolute Gasteiger partial charge is 0.313 e.